The van der Waals surface area contributed by atoms with Gasteiger partial charge in [-0.2, -0.15) is 0 Å². The molecule has 6 heteroatoms. The summed E-state index contributed by atoms with van der Waals surface area (Å²) in [6.07, 6.45) is 5.88. The van der Waals surface area contributed by atoms with E-state index in [1.807, 2.05) is 24.3 Å². The summed E-state index contributed by atoms with van der Waals surface area (Å²) in [5.74, 6) is 0.538. The van der Waals surface area contributed by atoms with Gasteiger partial charge in [-0.05, 0) is 35.4 Å². The normalized spacial score (nSPS) is 16.2. The maximum absolute atomic E-state index is 6.03. The number of nitrogens with two attached hydrogens (primary N) is 1. The molecule has 1 aromatic heterocycles. The number of benzene rings is 2. The van der Waals surface area contributed by atoms with Crippen molar-refractivity contribution in [1.29, 1.82) is 0 Å². The van der Waals surface area contributed by atoms with Crippen LogP contribution in [0.3, 0.4) is 0 Å². The number of hydrogen-bond acceptors (Lipinski definition) is 5. The largest absolute Gasteiger partial charge is 0.383 e. The highest BCUT2D eigenvalue weighted by atomic mass is 35.5. The first-order valence-corrected chi connectivity index (χ1v) is 9.91. The molecule has 28 heavy (non-hydrogen) atoms. The first kappa shape index (κ1) is 18.9. The van der Waals surface area contributed by atoms with Crippen molar-refractivity contribution in [3.05, 3.63) is 71.0 Å². The Morgan fingerprint density at radius 3 is 2.64 bits per heavy atom. The minimum absolute atomic E-state index is 0.538. The summed E-state index contributed by atoms with van der Waals surface area (Å²) in [5, 5.41) is 1.70. The molecule has 1 aliphatic rings. The number of nitrogen functional groups attached to an aromatic ring is 1. The van der Waals surface area contributed by atoms with E-state index in [2.05, 4.69) is 50.1 Å². The van der Waals surface area contributed by atoms with Crippen LogP contribution in [0.4, 0.5) is 5.82 Å². The van der Waals surface area contributed by atoms with Crippen molar-refractivity contribution < 1.29 is 0 Å². The zero-order valence-electron chi connectivity index (χ0n) is 15.8. The molecule has 5 nitrogen and oxygen atoms in total. The highest BCUT2D eigenvalue weighted by Gasteiger charge is 2.16. The van der Waals surface area contributed by atoms with Gasteiger partial charge < -0.3 is 5.73 Å². The molecule has 1 fully saturated rings. The lowest BCUT2D eigenvalue weighted by Crippen LogP contribution is -2.45. The quantitative estimate of drug-likeness (QED) is 0.716. The van der Waals surface area contributed by atoms with Gasteiger partial charge in [0, 0.05) is 49.7 Å². The summed E-state index contributed by atoms with van der Waals surface area (Å²) in [6, 6.07) is 14.2. The van der Waals surface area contributed by atoms with Crippen LogP contribution < -0.4 is 5.73 Å². The summed E-state index contributed by atoms with van der Waals surface area (Å²) in [4.78, 5) is 13.4. The number of rotatable bonds is 5. The molecular formula is C22H24ClN5. The monoisotopic (exact) mass is 393 g/mol. The molecular weight excluding hydrogens is 370 g/mol. The molecule has 0 spiro atoms. The molecule has 0 bridgehead atoms. The zero-order valence-corrected chi connectivity index (χ0v) is 16.5. The van der Waals surface area contributed by atoms with E-state index in [1.54, 1.807) is 0 Å². The number of piperazine rings is 1. The van der Waals surface area contributed by atoms with Crippen LogP contribution in [0.15, 0.2) is 54.9 Å². The first-order valence-electron chi connectivity index (χ1n) is 9.53. The number of hydrogen-bond donors (Lipinski definition) is 1. The Morgan fingerprint density at radius 1 is 1.00 bits per heavy atom. The van der Waals surface area contributed by atoms with Crippen LogP contribution in [0.1, 0.15) is 11.1 Å². The van der Waals surface area contributed by atoms with Gasteiger partial charge in [0.1, 0.15) is 12.1 Å². The highest BCUT2D eigenvalue weighted by molar-refractivity contribution is 6.30. The Hall–Kier alpha value is -2.47. The Labute approximate surface area is 170 Å². The van der Waals surface area contributed by atoms with E-state index in [1.165, 1.54) is 11.9 Å². The van der Waals surface area contributed by atoms with Crippen molar-refractivity contribution in [2.45, 2.75) is 6.54 Å². The van der Waals surface area contributed by atoms with Crippen molar-refractivity contribution in [3.8, 4) is 0 Å². The number of nitrogens with zero attached hydrogens (tertiary/aromatic N) is 4. The molecule has 1 aliphatic heterocycles. The van der Waals surface area contributed by atoms with Crippen LogP contribution in [0.25, 0.3) is 17.0 Å². The van der Waals surface area contributed by atoms with E-state index in [4.69, 9.17) is 17.3 Å². The van der Waals surface area contributed by atoms with Gasteiger partial charge in [0.05, 0.1) is 5.52 Å². The van der Waals surface area contributed by atoms with Gasteiger partial charge >= 0.3 is 0 Å². The number of anilines is 1. The third-order valence-corrected chi connectivity index (χ3v) is 5.36. The fraction of sp³-hybridized carbons (Fsp3) is 0.273. The van der Waals surface area contributed by atoms with E-state index in [-0.39, 0.29) is 0 Å². The maximum atomic E-state index is 6.03. The molecule has 0 unspecified atom stereocenters. The molecule has 2 N–H and O–H groups in total. The summed E-state index contributed by atoms with van der Waals surface area (Å²) in [6.45, 7) is 6.17. The summed E-state index contributed by atoms with van der Waals surface area (Å²) >= 11 is 6.03. The second-order valence-corrected chi connectivity index (χ2v) is 7.58. The lowest BCUT2D eigenvalue weighted by molar-refractivity contribution is 0.137. The summed E-state index contributed by atoms with van der Waals surface area (Å²) in [5.41, 5.74) is 9.23. The molecule has 1 saturated heterocycles. The molecule has 2 heterocycles. The SMILES string of the molecule is Nc1ncnc2cc(CN3CCN(CC=Cc4cccc(Cl)c4)CC3)ccc12. The average molecular weight is 394 g/mol. The van der Waals surface area contributed by atoms with Crippen LogP contribution in [-0.4, -0.2) is 52.5 Å². The molecule has 3 aromatic rings. The summed E-state index contributed by atoms with van der Waals surface area (Å²) < 4.78 is 0. The Kier molecular flexibility index (Phi) is 5.86. The van der Waals surface area contributed by atoms with Crippen LogP contribution in [0.2, 0.25) is 5.02 Å². The van der Waals surface area contributed by atoms with Crippen molar-refractivity contribution in [1.82, 2.24) is 19.8 Å². The van der Waals surface area contributed by atoms with Gasteiger partial charge in [0.15, 0.2) is 0 Å². The Bertz CT molecular complexity index is 980. The number of aromatic nitrogens is 2. The minimum atomic E-state index is 0.538. The molecule has 4 rings (SSSR count). The molecule has 2 aromatic carbocycles. The minimum Gasteiger partial charge on any atom is -0.383 e. The smallest absolute Gasteiger partial charge is 0.134 e. The Morgan fingerprint density at radius 2 is 1.82 bits per heavy atom. The lowest BCUT2D eigenvalue weighted by atomic mass is 10.1. The lowest BCUT2D eigenvalue weighted by Gasteiger charge is -2.34. The van der Waals surface area contributed by atoms with Crippen LogP contribution in [-0.2, 0) is 6.54 Å². The van der Waals surface area contributed by atoms with Crippen molar-refractivity contribution in [2.75, 3.05) is 38.5 Å². The third-order valence-electron chi connectivity index (χ3n) is 5.13. The van der Waals surface area contributed by atoms with Gasteiger partial charge in [0.25, 0.3) is 0 Å². The fourth-order valence-electron chi connectivity index (χ4n) is 3.56. The topological polar surface area (TPSA) is 58.3 Å². The van der Waals surface area contributed by atoms with Crippen molar-refractivity contribution >= 4 is 34.4 Å². The van der Waals surface area contributed by atoms with E-state index in [0.717, 1.165) is 60.8 Å². The van der Waals surface area contributed by atoms with Crippen molar-refractivity contribution in [3.63, 3.8) is 0 Å². The zero-order chi connectivity index (χ0) is 19.3. The molecule has 144 valence electrons. The standard InChI is InChI=1S/C22H24ClN5/c23-19-5-1-3-17(13-19)4-2-8-27-9-11-28(12-10-27)15-18-6-7-20-21(14-18)25-16-26-22(20)24/h1-7,13-14,16H,8-12,15H2,(H2,24,25,26). The Balaban J connectivity index is 1.28. The molecule has 0 aliphatic carbocycles. The van der Waals surface area contributed by atoms with E-state index < -0.39 is 0 Å². The second kappa shape index (κ2) is 8.69. The number of fused-ring (bicyclic) bond motifs is 1. The second-order valence-electron chi connectivity index (χ2n) is 7.14. The fourth-order valence-corrected chi connectivity index (χ4v) is 3.76. The van der Waals surface area contributed by atoms with Gasteiger partial charge in [-0.15, -0.1) is 0 Å². The predicted molar refractivity (Wildman–Crippen MR) is 116 cm³/mol. The van der Waals surface area contributed by atoms with Gasteiger partial charge in [0.2, 0.25) is 0 Å². The predicted octanol–water partition coefficient (Wildman–Crippen LogP) is 3.70. The van der Waals surface area contributed by atoms with Crippen LogP contribution in [0.5, 0.6) is 0 Å². The van der Waals surface area contributed by atoms with E-state index in [9.17, 15) is 0 Å². The van der Waals surface area contributed by atoms with E-state index in [0.29, 0.717) is 5.82 Å². The molecule has 0 amide bonds. The third kappa shape index (κ3) is 4.68. The molecule has 0 atom stereocenters. The van der Waals surface area contributed by atoms with Gasteiger partial charge in [-0.1, -0.05) is 42.0 Å². The number of halogens is 1. The average Bonchev–Trinajstić information content (AvgIpc) is 2.70. The summed E-state index contributed by atoms with van der Waals surface area (Å²) in [7, 11) is 0. The highest BCUT2D eigenvalue weighted by Crippen LogP contribution is 2.19. The van der Waals surface area contributed by atoms with Crippen LogP contribution in [0, 0.1) is 0 Å². The maximum Gasteiger partial charge on any atom is 0.134 e. The van der Waals surface area contributed by atoms with Gasteiger partial charge in [-0.3, -0.25) is 9.80 Å². The van der Waals surface area contributed by atoms with Gasteiger partial charge in [-0.25, -0.2) is 9.97 Å². The molecule has 0 saturated carbocycles. The van der Waals surface area contributed by atoms with E-state index >= 15 is 0 Å². The first-order chi connectivity index (χ1) is 13.7. The van der Waals surface area contributed by atoms with Crippen molar-refractivity contribution in [2.24, 2.45) is 0 Å². The van der Waals surface area contributed by atoms with Crippen LogP contribution >= 0.6 is 11.6 Å². The molecule has 0 radical (unpaired) electrons.